The van der Waals surface area contributed by atoms with E-state index in [9.17, 15) is 13.8 Å². The average molecular weight is 361 g/mol. The number of carbonyl (C=O) groups excluding carboxylic acids is 2. The van der Waals surface area contributed by atoms with Crippen LogP contribution < -0.4 is 0 Å². The predicted octanol–water partition coefficient (Wildman–Crippen LogP) is 3.29. The Morgan fingerprint density at radius 2 is 1.80 bits per heavy atom. The largest absolute Gasteiger partial charge is 0.454 e. The Hall–Kier alpha value is -2.21. The van der Waals surface area contributed by atoms with E-state index in [1.165, 1.54) is 0 Å². The van der Waals surface area contributed by atoms with E-state index in [0.717, 1.165) is 17.9 Å². The number of hydrogen-bond acceptors (Lipinski definition) is 4. The minimum absolute atomic E-state index is 0.241. The first-order valence-corrected chi connectivity index (χ1v) is 9.57. The lowest BCUT2D eigenvalue weighted by atomic mass is 10.1. The van der Waals surface area contributed by atoms with Crippen LogP contribution in [-0.2, 0) is 22.1 Å². The number of Topliss-reactive ketones (excluding diaryl/α,β-unsaturated/α-hetero) is 1. The third-order valence-electron chi connectivity index (χ3n) is 4.14. The third-order valence-corrected chi connectivity index (χ3v) is 5.51. The number of nitrogens with zero attached hydrogens (tertiary/aromatic N) is 1. The van der Waals surface area contributed by atoms with Gasteiger partial charge in [-0.1, -0.05) is 19.1 Å². The molecule has 1 heterocycles. The maximum atomic E-state index is 12.4. The van der Waals surface area contributed by atoms with Crippen LogP contribution in [0.3, 0.4) is 0 Å². The SMILES string of the molecule is CCn1c(C)cc(C(=O)COC(=O)c2ccccc2S(=O)CC)c1C. The van der Waals surface area contributed by atoms with Crippen LogP contribution in [0.2, 0.25) is 0 Å². The van der Waals surface area contributed by atoms with E-state index in [0.29, 0.717) is 16.2 Å². The van der Waals surface area contributed by atoms with Crippen LogP contribution in [-0.4, -0.2) is 32.9 Å². The molecular formula is C19H23NO4S. The molecule has 0 saturated heterocycles. The lowest BCUT2D eigenvalue weighted by Gasteiger charge is -2.09. The molecule has 0 saturated carbocycles. The van der Waals surface area contributed by atoms with Crippen LogP contribution in [0.4, 0.5) is 0 Å². The van der Waals surface area contributed by atoms with Gasteiger partial charge in [0.05, 0.1) is 21.3 Å². The van der Waals surface area contributed by atoms with Gasteiger partial charge in [0.25, 0.3) is 0 Å². The number of esters is 1. The highest BCUT2D eigenvalue weighted by atomic mass is 32.2. The lowest BCUT2D eigenvalue weighted by molar-refractivity contribution is 0.0471. The van der Waals surface area contributed by atoms with Gasteiger partial charge in [-0.05, 0) is 39.0 Å². The number of aromatic nitrogens is 1. The number of ether oxygens (including phenoxy) is 1. The van der Waals surface area contributed by atoms with Crippen LogP contribution in [0, 0.1) is 13.8 Å². The second kappa shape index (κ2) is 8.25. The summed E-state index contributed by atoms with van der Waals surface area (Å²) in [5, 5.41) is 0. The van der Waals surface area contributed by atoms with Gasteiger partial charge in [-0.3, -0.25) is 9.00 Å². The van der Waals surface area contributed by atoms with E-state index in [2.05, 4.69) is 0 Å². The van der Waals surface area contributed by atoms with Crippen molar-refractivity contribution in [2.24, 2.45) is 0 Å². The van der Waals surface area contributed by atoms with Crippen LogP contribution in [0.15, 0.2) is 35.2 Å². The summed E-state index contributed by atoms with van der Waals surface area (Å²) in [5.41, 5.74) is 2.68. The van der Waals surface area contributed by atoms with Gasteiger partial charge in [-0.2, -0.15) is 0 Å². The molecule has 0 amide bonds. The van der Waals surface area contributed by atoms with Crippen molar-refractivity contribution >= 4 is 22.6 Å². The highest BCUT2D eigenvalue weighted by Gasteiger charge is 2.20. The summed E-state index contributed by atoms with van der Waals surface area (Å²) in [7, 11) is -1.27. The quantitative estimate of drug-likeness (QED) is 0.561. The molecule has 0 spiro atoms. The smallest absolute Gasteiger partial charge is 0.339 e. The van der Waals surface area contributed by atoms with E-state index in [1.54, 1.807) is 31.2 Å². The molecule has 0 radical (unpaired) electrons. The molecule has 25 heavy (non-hydrogen) atoms. The molecule has 2 rings (SSSR count). The third kappa shape index (κ3) is 4.07. The molecule has 6 heteroatoms. The van der Waals surface area contributed by atoms with Gasteiger partial charge >= 0.3 is 5.97 Å². The van der Waals surface area contributed by atoms with Crippen molar-refractivity contribution in [3.05, 3.63) is 52.8 Å². The summed E-state index contributed by atoms with van der Waals surface area (Å²) in [4.78, 5) is 25.2. The fraction of sp³-hybridized carbons (Fsp3) is 0.368. The van der Waals surface area contributed by atoms with E-state index < -0.39 is 16.8 Å². The maximum Gasteiger partial charge on any atom is 0.339 e. The van der Waals surface area contributed by atoms with E-state index in [4.69, 9.17) is 4.74 Å². The zero-order valence-corrected chi connectivity index (χ0v) is 15.8. The topological polar surface area (TPSA) is 65.4 Å². The zero-order chi connectivity index (χ0) is 18.6. The fourth-order valence-corrected chi connectivity index (χ4v) is 3.78. The number of benzene rings is 1. The first kappa shape index (κ1) is 19.1. The number of carbonyl (C=O) groups is 2. The summed E-state index contributed by atoms with van der Waals surface area (Å²) < 4.78 is 19.3. The van der Waals surface area contributed by atoms with Crippen LogP contribution in [0.5, 0.6) is 0 Å². The molecule has 134 valence electrons. The van der Waals surface area contributed by atoms with Crippen LogP contribution in [0.25, 0.3) is 0 Å². The monoisotopic (exact) mass is 361 g/mol. The van der Waals surface area contributed by atoms with Crippen molar-refractivity contribution in [1.82, 2.24) is 4.57 Å². The molecular weight excluding hydrogens is 338 g/mol. The van der Waals surface area contributed by atoms with Crippen molar-refractivity contribution in [3.8, 4) is 0 Å². The van der Waals surface area contributed by atoms with Gasteiger partial charge < -0.3 is 9.30 Å². The Balaban J connectivity index is 2.13. The number of hydrogen-bond donors (Lipinski definition) is 0. The number of rotatable bonds is 7. The van der Waals surface area contributed by atoms with Gasteiger partial charge in [0.1, 0.15) is 0 Å². The highest BCUT2D eigenvalue weighted by molar-refractivity contribution is 7.85. The molecule has 0 aliphatic heterocycles. The molecule has 0 aliphatic carbocycles. The van der Waals surface area contributed by atoms with Crippen LogP contribution in [0.1, 0.15) is 46.0 Å². The Labute approximate surface area is 150 Å². The van der Waals surface area contributed by atoms with Crippen molar-refractivity contribution < 1.29 is 18.5 Å². The highest BCUT2D eigenvalue weighted by Crippen LogP contribution is 2.17. The normalized spacial score (nSPS) is 12.0. The Kier molecular flexibility index (Phi) is 6.31. The first-order valence-electron chi connectivity index (χ1n) is 8.25. The molecule has 1 aromatic carbocycles. The van der Waals surface area contributed by atoms with Crippen molar-refractivity contribution in [2.45, 2.75) is 39.1 Å². The van der Waals surface area contributed by atoms with Crippen molar-refractivity contribution in [1.29, 1.82) is 0 Å². The minimum atomic E-state index is -1.27. The van der Waals surface area contributed by atoms with Crippen LogP contribution >= 0.6 is 0 Å². The second-order valence-electron chi connectivity index (χ2n) is 5.66. The number of aryl methyl sites for hydroxylation is 1. The van der Waals surface area contributed by atoms with Gasteiger partial charge in [-0.25, -0.2) is 4.79 Å². The van der Waals surface area contributed by atoms with Crippen molar-refractivity contribution in [3.63, 3.8) is 0 Å². The Morgan fingerprint density at radius 1 is 1.12 bits per heavy atom. The molecule has 5 nitrogen and oxygen atoms in total. The van der Waals surface area contributed by atoms with E-state index >= 15 is 0 Å². The summed E-state index contributed by atoms with van der Waals surface area (Å²) in [5.74, 6) is -0.461. The molecule has 0 bridgehead atoms. The zero-order valence-electron chi connectivity index (χ0n) is 15.0. The molecule has 1 unspecified atom stereocenters. The summed E-state index contributed by atoms with van der Waals surface area (Å²) in [6.07, 6.45) is 0. The van der Waals surface area contributed by atoms with Crippen molar-refractivity contribution in [2.75, 3.05) is 12.4 Å². The average Bonchev–Trinajstić information content (AvgIpc) is 2.92. The molecule has 2 aromatic rings. The van der Waals surface area contributed by atoms with Gasteiger partial charge in [0.15, 0.2) is 6.61 Å². The Morgan fingerprint density at radius 3 is 2.40 bits per heavy atom. The lowest BCUT2D eigenvalue weighted by Crippen LogP contribution is -2.16. The van der Waals surface area contributed by atoms with Gasteiger partial charge in [0.2, 0.25) is 5.78 Å². The summed E-state index contributed by atoms with van der Waals surface area (Å²) >= 11 is 0. The fourth-order valence-electron chi connectivity index (χ4n) is 2.85. The first-order chi connectivity index (χ1) is 11.9. The summed E-state index contributed by atoms with van der Waals surface area (Å²) in [6.45, 7) is 8.06. The second-order valence-corrected chi connectivity index (χ2v) is 7.37. The molecule has 1 aromatic heterocycles. The van der Waals surface area contributed by atoms with E-state index in [1.807, 2.05) is 31.4 Å². The Bertz CT molecular complexity index is 823. The summed E-state index contributed by atoms with van der Waals surface area (Å²) in [6, 6.07) is 8.44. The molecule has 0 N–H and O–H groups in total. The van der Waals surface area contributed by atoms with Gasteiger partial charge in [0, 0.05) is 29.2 Å². The molecule has 0 fully saturated rings. The number of ketones is 1. The minimum Gasteiger partial charge on any atom is -0.454 e. The molecule has 1 atom stereocenters. The van der Waals surface area contributed by atoms with Gasteiger partial charge in [-0.15, -0.1) is 0 Å². The maximum absolute atomic E-state index is 12.4. The molecule has 0 aliphatic rings. The predicted molar refractivity (Wildman–Crippen MR) is 97.6 cm³/mol. The van der Waals surface area contributed by atoms with E-state index in [-0.39, 0.29) is 18.0 Å². The standard InChI is InChI=1S/C19H23NO4S/c1-5-20-13(3)11-16(14(20)4)17(21)12-24-19(22)15-9-7-8-10-18(15)25(23)6-2/h7-11H,5-6,12H2,1-4H3.